The van der Waals surface area contributed by atoms with Crippen LogP contribution in [0.1, 0.15) is 17.5 Å². The molecule has 146 valence electrons. The summed E-state index contributed by atoms with van der Waals surface area (Å²) >= 11 is -0.159. The van der Waals surface area contributed by atoms with Gasteiger partial charge in [-0.1, -0.05) is 11.1 Å². The van der Waals surface area contributed by atoms with Gasteiger partial charge < -0.3 is 54.5 Å². The molecule has 0 saturated heterocycles. The van der Waals surface area contributed by atoms with Crippen molar-refractivity contribution in [2.24, 2.45) is 0 Å². The van der Waals surface area contributed by atoms with Gasteiger partial charge >= 0.3 is 34.2 Å². The molecule has 0 saturated carbocycles. The molecule has 0 atom stereocenters. The Hall–Kier alpha value is 0.0769. The van der Waals surface area contributed by atoms with E-state index in [4.69, 9.17) is 0 Å². The summed E-state index contributed by atoms with van der Waals surface area (Å²) in [7, 11) is 0. The molecule has 5 heteroatoms. The Labute approximate surface area is 189 Å². The number of benzene rings is 1. The number of halogens is 2. The number of fused-ring (bicyclic) bond motifs is 2. The fraction of sp³-hybridized carbons (Fsp3) is 0.143. The summed E-state index contributed by atoms with van der Waals surface area (Å²) in [5, 5.41) is 2.83. The molecule has 0 nitrogen and oxygen atoms in total. The number of hydrogen-bond acceptors (Lipinski definition) is 0. The van der Waals surface area contributed by atoms with E-state index in [0.717, 1.165) is 0 Å². The number of hydrogen-bond donors (Lipinski definition) is 0. The first-order chi connectivity index (χ1) is 9.85. The molecule has 4 radical (unpaired) electrons. The van der Waals surface area contributed by atoms with Crippen LogP contribution in [0.3, 0.4) is 0 Å². The zero-order chi connectivity index (χ0) is 14.2. The Morgan fingerprint density at radius 1 is 0.808 bits per heavy atom. The van der Waals surface area contributed by atoms with Crippen molar-refractivity contribution < 1.29 is 45.3 Å². The average molecular weight is 499 g/mol. The molecule has 0 spiro atoms. The summed E-state index contributed by atoms with van der Waals surface area (Å²) in [4.78, 5) is 0. The van der Waals surface area contributed by atoms with Gasteiger partial charge in [-0.15, -0.1) is 29.0 Å². The quantitative estimate of drug-likeness (QED) is 0.290. The fourth-order valence-corrected chi connectivity index (χ4v) is 2.53. The van der Waals surface area contributed by atoms with Crippen molar-refractivity contribution in [2.45, 2.75) is 19.3 Å². The number of aryl methyl sites for hydroxylation is 2. The molecule has 0 bridgehead atoms. The van der Waals surface area contributed by atoms with Gasteiger partial charge in [0.2, 0.25) is 0 Å². The van der Waals surface area contributed by atoms with E-state index in [0.29, 0.717) is 0 Å². The second-order valence-corrected chi connectivity index (χ2v) is 11.2. The van der Waals surface area contributed by atoms with Crippen LogP contribution in [0.4, 0.5) is 0 Å². The SMILES string of the molecule is [CH3-].[CH3-].[CH3-].[CH3-].[Cl-].[Cl-].[Si]=[Zr]=[Si].c1cc2cc3c(cc2[cH-]1)CCC3.c1cc[cH-]c1. The van der Waals surface area contributed by atoms with Crippen molar-refractivity contribution in [1.29, 1.82) is 0 Å². The number of rotatable bonds is 0. The summed E-state index contributed by atoms with van der Waals surface area (Å²) in [6.45, 7) is 6.53. The summed E-state index contributed by atoms with van der Waals surface area (Å²) < 4.78 is 0. The molecule has 26 heavy (non-hydrogen) atoms. The van der Waals surface area contributed by atoms with E-state index in [9.17, 15) is 0 Å². The first-order valence-corrected chi connectivity index (χ1v) is 15.1. The minimum atomic E-state index is -0.159. The molecular weight excluding hydrogens is 471 g/mol. The van der Waals surface area contributed by atoms with Gasteiger partial charge in [0.15, 0.2) is 0 Å². The van der Waals surface area contributed by atoms with Crippen molar-refractivity contribution in [3.05, 3.63) is 101 Å². The van der Waals surface area contributed by atoms with Gasteiger partial charge in [-0.25, -0.2) is 12.1 Å². The maximum absolute atomic E-state index is 3.27. The molecule has 0 N–H and O–H groups in total. The van der Waals surface area contributed by atoms with Crippen LogP contribution in [0, 0.1) is 29.7 Å². The van der Waals surface area contributed by atoms with Crippen LogP contribution in [0.2, 0.25) is 0 Å². The molecule has 0 aliphatic heterocycles. The Kier molecular flexibility index (Phi) is 30.4. The van der Waals surface area contributed by atoms with Crippen LogP contribution in [-0.4, -0.2) is 13.8 Å². The van der Waals surface area contributed by atoms with E-state index in [1.165, 1.54) is 30.0 Å². The zero-order valence-electron chi connectivity index (χ0n) is 16.2. The second-order valence-electron chi connectivity index (χ2n) is 4.72. The third-order valence-electron chi connectivity index (χ3n) is 3.40. The first kappa shape index (κ1) is 36.9. The molecule has 4 rings (SSSR count). The van der Waals surface area contributed by atoms with Gasteiger partial charge in [0.05, 0.1) is 0 Å². The monoisotopic (exact) mass is 496 g/mol. The zero-order valence-corrected chi connectivity index (χ0v) is 22.1. The van der Waals surface area contributed by atoms with Crippen LogP contribution >= 0.6 is 0 Å². The molecule has 0 heterocycles. The van der Waals surface area contributed by atoms with Gasteiger partial charge in [0.1, 0.15) is 0 Å². The molecule has 3 aromatic carbocycles. The molecule has 3 aromatic rings. The molecule has 0 aromatic heterocycles. The molecule has 1 aliphatic carbocycles. The van der Waals surface area contributed by atoms with E-state index < -0.39 is 0 Å². The Morgan fingerprint density at radius 2 is 1.31 bits per heavy atom. The van der Waals surface area contributed by atoms with E-state index in [1.54, 1.807) is 11.1 Å². The Balaban J connectivity index is -0.0000000928. The average Bonchev–Trinajstić information content (AvgIpc) is 3.19. The smallest absolute Gasteiger partial charge is 0.0289 e. The standard InChI is InChI=1S/C12H11.C5H5.4CH3.2ClH.2Si.Zr/c1-3-9-7-11-5-2-6-12(11)8-10(9)4-1;1-2-4-5-3-1;;;;;;;;;/h1,3-4,7-8H,2,5-6H2;1-5H;4*1H3;2*1H;;;/q6*-1;;;;;/p-2. The van der Waals surface area contributed by atoms with Gasteiger partial charge in [-0.2, -0.15) is 30.3 Å². The van der Waals surface area contributed by atoms with Gasteiger partial charge in [-0.05, 0) is 19.3 Å². The fourth-order valence-electron chi connectivity index (χ4n) is 2.53. The predicted octanol–water partition coefficient (Wildman–Crippen LogP) is -0.502. The van der Waals surface area contributed by atoms with E-state index >= 15 is 0 Å². The Bertz CT molecular complexity index is 630. The van der Waals surface area contributed by atoms with Crippen molar-refractivity contribution >= 4 is 24.5 Å². The summed E-state index contributed by atoms with van der Waals surface area (Å²) in [5.74, 6) is 0. The molecule has 1 aliphatic rings. The topological polar surface area (TPSA) is 0 Å². The maximum Gasteiger partial charge on any atom is -0.0289 e. The third-order valence-corrected chi connectivity index (χ3v) is 3.40. The molecule has 0 amide bonds. The van der Waals surface area contributed by atoms with Crippen molar-refractivity contribution in [1.82, 2.24) is 0 Å². The van der Waals surface area contributed by atoms with Gasteiger partial charge in [-0.3, -0.25) is 0 Å². The largest absolute Gasteiger partial charge is 0.214 e. The maximum atomic E-state index is 3.27. The predicted molar refractivity (Wildman–Crippen MR) is 111 cm³/mol. The summed E-state index contributed by atoms with van der Waals surface area (Å²) in [6, 6.07) is 21.3. The van der Waals surface area contributed by atoms with E-state index in [-0.39, 0.29) is 75.0 Å². The Morgan fingerprint density at radius 3 is 1.77 bits per heavy atom. The van der Waals surface area contributed by atoms with Crippen molar-refractivity contribution in [3.63, 3.8) is 0 Å². The van der Waals surface area contributed by atoms with Crippen molar-refractivity contribution in [2.75, 3.05) is 0 Å². The second kappa shape index (κ2) is 21.4. The molecule has 0 unspecified atom stereocenters. The normalized spacial score (nSPS) is 8.92. The van der Waals surface area contributed by atoms with E-state index in [2.05, 4.69) is 44.1 Å². The summed E-state index contributed by atoms with van der Waals surface area (Å²) in [6.07, 6.45) is 3.93. The van der Waals surface area contributed by atoms with Crippen LogP contribution < -0.4 is 24.8 Å². The molecular formula is C21H28Cl2Si2Zr-8. The minimum Gasteiger partial charge on any atom is -0.214 e. The van der Waals surface area contributed by atoms with Crippen LogP contribution in [0.15, 0.2) is 60.7 Å². The summed E-state index contributed by atoms with van der Waals surface area (Å²) in [5.41, 5.74) is 3.16. The van der Waals surface area contributed by atoms with Crippen LogP contribution in [-0.2, 0) is 33.3 Å². The van der Waals surface area contributed by atoms with Gasteiger partial charge in [0, 0.05) is 0 Å². The van der Waals surface area contributed by atoms with Crippen molar-refractivity contribution in [3.8, 4) is 0 Å². The van der Waals surface area contributed by atoms with E-state index in [1.807, 2.05) is 30.3 Å². The minimum absolute atomic E-state index is 0. The third kappa shape index (κ3) is 11.7. The molecule has 0 fully saturated rings. The first-order valence-electron chi connectivity index (χ1n) is 6.77. The van der Waals surface area contributed by atoms with Crippen LogP contribution in [0.5, 0.6) is 0 Å². The van der Waals surface area contributed by atoms with Crippen LogP contribution in [0.25, 0.3) is 10.8 Å². The van der Waals surface area contributed by atoms with Gasteiger partial charge in [0.25, 0.3) is 0 Å².